The summed E-state index contributed by atoms with van der Waals surface area (Å²) in [7, 11) is 0. The predicted octanol–water partition coefficient (Wildman–Crippen LogP) is 2.99. The molecule has 2 N–H and O–H groups in total. The van der Waals surface area contributed by atoms with Gasteiger partial charge in [-0.2, -0.15) is 4.98 Å². The van der Waals surface area contributed by atoms with Crippen LogP contribution < -0.4 is 11.1 Å². The van der Waals surface area contributed by atoms with E-state index in [2.05, 4.69) is 4.98 Å². The zero-order valence-electron chi connectivity index (χ0n) is 13.1. The van der Waals surface area contributed by atoms with Crippen molar-refractivity contribution in [2.45, 2.75) is 0 Å². The molecular weight excluding hydrogens is 352 g/mol. The quantitative estimate of drug-likeness (QED) is 0.413. The van der Waals surface area contributed by atoms with Crippen molar-refractivity contribution in [3.05, 3.63) is 69.2 Å². The maximum Gasteiger partial charge on any atom is 0.280 e. The molecule has 0 amide bonds. The summed E-state index contributed by atoms with van der Waals surface area (Å²) in [5.41, 5.74) is -0.851. The topological polar surface area (TPSA) is 91.9 Å². The van der Waals surface area contributed by atoms with E-state index in [1.54, 1.807) is 48.5 Å². The van der Waals surface area contributed by atoms with E-state index in [-0.39, 0.29) is 32.7 Å². The summed E-state index contributed by atoms with van der Waals surface area (Å²) in [6, 6.07) is 13.2. The van der Waals surface area contributed by atoms with Gasteiger partial charge in [-0.1, -0.05) is 47.7 Å². The van der Waals surface area contributed by atoms with Gasteiger partial charge in [-0.3, -0.25) is 9.59 Å². The van der Waals surface area contributed by atoms with Crippen molar-refractivity contribution in [3.8, 4) is 11.5 Å². The van der Waals surface area contributed by atoms with E-state index in [0.717, 1.165) is 11.3 Å². The molecule has 2 aromatic heterocycles. The Balaban J connectivity index is 2.20. The fraction of sp³-hybridized carbons (Fsp3) is 0. The van der Waals surface area contributed by atoms with Crippen molar-refractivity contribution in [3.63, 3.8) is 0 Å². The average molecular weight is 362 g/mol. The van der Waals surface area contributed by atoms with Crippen LogP contribution in [-0.2, 0) is 0 Å². The van der Waals surface area contributed by atoms with E-state index in [1.807, 2.05) is 0 Å². The molecule has 0 bridgehead atoms. The Bertz CT molecular complexity index is 1500. The molecule has 0 radical (unpaired) electrons. The van der Waals surface area contributed by atoms with E-state index in [9.17, 15) is 19.8 Å². The van der Waals surface area contributed by atoms with E-state index < -0.39 is 11.1 Å². The highest BCUT2D eigenvalue weighted by Crippen LogP contribution is 2.44. The lowest BCUT2D eigenvalue weighted by Gasteiger charge is -2.05. The van der Waals surface area contributed by atoms with E-state index in [1.165, 1.54) is 4.40 Å². The van der Waals surface area contributed by atoms with Crippen LogP contribution in [0.4, 0.5) is 0 Å². The van der Waals surface area contributed by atoms with Gasteiger partial charge in [0.1, 0.15) is 21.7 Å². The molecule has 0 fully saturated rings. The molecule has 126 valence electrons. The number of thiazole rings is 1. The minimum atomic E-state index is -0.532. The van der Waals surface area contributed by atoms with Gasteiger partial charge in [-0.25, -0.2) is 4.40 Å². The van der Waals surface area contributed by atoms with Crippen molar-refractivity contribution < 1.29 is 10.2 Å². The summed E-state index contributed by atoms with van der Waals surface area (Å²) in [6.07, 6.45) is 0. The van der Waals surface area contributed by atoms with Crippen LogP contribution in [0.25, 0.3) is 36.7 Å². The number of aromatic hydroxyl groups is 2. The number of hydrogen-bond acceptors (Lipinski definition) is 6. The predicted molar refractivity (Wildman–Crippen MR) is 101 cm³/mol. The molecule has 0 saturated heterocycles. The SMILES string of the molecule is O=c1nc2sc3c(O)c4ccccc4c(O)c3n2c(=O)c2ccccc12. The van der Waals surface area contributed by atoms with E-state index >= 15 is 0 Å². The first-order valence-electron chi connectivity index (χ1n) is 7.79. The molecular formula is C19H10N2O4S. The third kappa shape index (κ3) is 1.77. The third-order valence-corrected chi connectivity index (χ3v) is 5.54. The van der Waals surface area contributed by atoms with Crippen LogP contribution in [0.15, 0.2) is 58.1 Å². The number of phenols is 2. The lowest BCUT2D eigenvalue weighted by atomic mass is 10.1. The zero-order chi connectivity index (χ0) is 18.0. The minimum absolute atomic E-state index is 0.0530. The first kappa shape index (κ1) is 14.9. The maximum absolute atomic E-state index is 13.1. The molecule has 5 rings (SSSR count). The molecule has 0 aliphatic heterocycles. The molecule has 0 saturated carbocycles. The second kappa shape index (κ2) is 5.03. The van der Waals surface area contributed by atoms with E-state index in [4.69, 9.17) is 0 Å². The number of hydrogen-bond donors (Lipinski definition) is 2. The van der Waals surface area contributed by atoms with Gasteiger partial charge in [0.2, 0.25) is 4.96 Å². The number of fused-ring (bicyclic) bond motifs is 5. The molecule has 0 unspecified atom stereocenters. The fourth-order valence-electron chi connectivity index (χ4n) is 3.29. The van der Waals surface area contributed by atoms with Crippen molar-refractivity contribution in [2.75, 3.05) is 0 Å². The summed E-state index contributed by atoms with van der Waals surface area (Å²) in [4.78, 5) is 29.7. The monoisotopic (exact) mass is 362 g/mol. The van der Waals surface area contributed by atoms with Gasteiger partial charge in [-0.05, 0) is 12.1 Å². The first-order valence-corrected chi connectivity index (χ1v) is 8.60. The molecule has 0 aliphatic rings. The number of aromatic nitrogens is 2. The summed E-state index contributed by atoms with van der Waals surface area (Å²) in [5, 5.41) is 22.8. The Morgan fingerprint density at radius 1 is 0.808 bits per heavy atom. The number of nitrogens with zero attached hydrogens (tertiary/aromatic N) is 2. The lowest BCUT2D eigenvalue weighted by Crippen LogP contribution is -2.09. The smallest absolute Gasteiger partial charge is 0.280 e. The molecule has 26 heavy (non-hydrogen) atoms. The van der Waals surface area contributed by atoms with Crippen molar-refractivity contribution >= 4 is 48.1 Å². The average Bonchev–Trinajstić information content (AvgIpc) is 3.00. The highest BCUT2D eigenvalue weighted by molar-refractivity contribution is 7.24. The highest BCUT2D eigenvalue weighted by Gasteiger charge is 2.20. The summed E-state index contributed by atoms with van der Waals surface area (Å²) < 4.78 is 1.51. The van der Waals surface area contributed by atoms with Crippen LogP contribution >= 0.6 is 11.3 Å². The molecule has 7 heteroatoms. The highest BCUT2D eigenvalue weighted by atomic mass is 32.1. The van der Waals surface area contributed by atoms with Gasteiger partial charge in [0.15, 0.2) is 0 Å². The first-order chi connectivity index (χ1) is 12.6. The summed E-state index contributed by atoms with van der Waals surface area (Å²) >= 11 is 0.991. The molecule has 6 nitrogen and oxygen atoms in total. The molecule has 2 heterocycles. The van der Waals surface area contributed by atoms with Crippen molar-refractivity contribution in [1.29, 1.82) is 0 Å². The third-order valence-electron chi connectivity index (χ3n) is 4.49. The Morgan fingerprint density at radius 2 is 1.38 bits per heavy atom. The van der Waals surface area contributed by atoms with Crippen LogP contribution in [0.5, 0.6) is 11.5 Å². The van der Waals surface area contributed by atoms with Gasteiger partial charge in [0, 0.05) is 10.8 Å². The van der Waals surface area contributed by atoms with Crippen LogP contribution in [0.2, 0.25) is 0 Å². The van der Waals surface area contributed by atoms with E-state index in [0.29, 0.717) is 15.5 Å². The molecule has 5 aromatic rings. The minimum Gasteiger partial charge on any atom is -0.506 e. The Kier molecular flexibility index (Phi) is 2.87. The largest absolute Gasteiger partial charge is 0.506 e. The van der Waals surface area contributed by atoms with Crippen molar-refractivity contribution in [1.82, 2.24) is 9.38 Å². The Morgan fingerprint density at radius 3 is 2.08 bits per heavy atom. The molecule has 0 atom stereocenters. The number of benzene rings is 3. The van der Waals surface area contributed by atoms with Crippen LogP contribution in [-0.4, -0.2) is 19.6 Å². The number of phenolic OH excluding ortho intramolecular Hbond substituents is 2. The Hall–Kier alpha value is -3.45. The lowest BCUT2D eigenvalue weighted by molar-refractivity contribution is 0.478. The van der Waals surface area contributed by atoms with Crippen molar-refractivity contribution in [2.24, 2.45) is 0 Å². The van der Waals surface area contributed by atoms with Crippen LogP contribution in [0.1, 0.15) is 0 Å². The Labute approximate surface area is 148 Å². The standard InChI is InChI=1S/C19H10N2O4S/c22-14-9-5-1-2-6-10(9)15(23)16-13(14)21-18(25)12-8-4-3-7-11(12)17(24)20-19(21)26-16/h1-8,22-23H. The molecule has 0 spiro atoms. The van der Waals surface area contributed by atoms with Gasteiger partial charge in [0.05, 0.1) is 10.8 Å². The summed E-state index contributed by atoms with van der Waals surface area (Å²) in [5.74, 6) is -0.186. The molecule has 0 aliphatic carbocycles. The normalized spacial score (nSPS) is 11.7. The van der Waals surface area contributed by atoms with Crippen LogP contribution in [0, 0.1) is 0 Å². The second-order valence-corrected chi connectivity index (χ2v) is 6.89. The second-order valence-electron chi connectivity index (χ2n) is 5.91. The van der Waals surface area contributed by atoms with Gasteiger partial charge in [-0.15, -0.1) is 0 Å². The van der Waals surface area contributed by atoms with Gasteiger partial charge >= 0.3 is 0 Å². The molecule has 3 aromatic carbocycles. The summed E-state index contributed by atoms with van der Waals surface area (Å²) in [6.45, 7) is 0. The van der Waals surface area contributed by atoms with Gasteiger partial charge < -0.3 is 10.2 Å². The zero-order valence-corrected chi connectivity index (χ0v) is 13.9. The number of rotatable bonds is 0. The van der Waals surface area contributed by atoms with Gasteiger partial charge in [0.25, 0.3) is 11.1 Å². The maximum atomic E-state index is 13.1. The fourth-order valence-corrected chi connectivity index (χ4v) is 4.36. The van der Waals surface area contributed by atoms with Crippen LogP contribution in [0.3, 0.4) is 0 Å².